The third kappa shape index (κ3) is 2.27. The second-order valence-corrected chi connectivity index (χ2v) is 5.98. The van der Waals surface area contributed by atoms with Crippen molar-refractivity contribution in [3.63, 3.8) is 0 Å². The molecular formula is C17H11F3N4O2. The molecule has 2 aromatic rings. The number of amides is 2. The molecule has 0 spiro atoms. The second kappa shape index (κ2) is 5.65. The molecule has 0 saturated carbocycles. The number of benzene rings is 2. The van der Waals surface area contributed by atoms with Crippen molar-refractivity contribution in [1.29, 1.82) is 0 Å². The molecule has 0 N–H and O–H groups in total. The Labute approximate surface area is 145 Å². The van der Waals surface area contributed by atoms with Gasteiger partial charge in [0.2, 0.25) is 0 Å². The highest BCUT2D eigenvalue weighted by Gasteiger charge is 2.55. The number of fused-ring (bicyclic) bond motifs is 1. The second-order valence-electron chi connectivity index (χ2n) is 5.98. The van der Waals surface area contributed by atoms with Crippen LogP contribution in [0.1, 0.15) is 5.56 Å². The largest absolute Gasteiger partial charge is 0.271 e. The van der Waals surface area contributed by atoms with E-state index in [-0.39, 0.29) is 11.4 Å². The molecule has 0 aromatic heterocycles. The SMILES string of the molecule is Cc1ccc(N2N=N[C@@H]3C(=O)N(c4ccc(F)c(F)c4)C(=O)[C@H]32)cc1F. The fourth-order valence-corrected chi connectivity index (χ4v) is 2.98. The normalized spacial score (nSPS) is 21.7. The Kier molecular flexibility index (Phi) is 3.53. The summed E-state index contributed by atoms with van der Waals surface area (Å²) in [5.74, 6) is -4.17. The highest BCUT2D eigenvalue weighted by atomic mass is 19.2. The molecule has 132 valence electrons. The quantitative estimate of drug-likeness (QED) is 0.774. The Morgan fingerprint density at radius 3 is 2.27 bits per heavy atom. The molecule has 1 fully saturated rings. The molecule has 2 heterocycles. The van der Waals surface area contributed by atoms with Crippen molar-refractivity contribution >= 4 is 23.2 Å². The number of nitrogens with zero attached hydrogens (tertiary/aromatic N) is 4. The lowest BCUT2D eigenvalue weighted by atomic mass is 10.1. The number of aryl methyl sites for hydroxylation is 1. The highest BCUT2D eigenvalue weighted by Crippen LogP contribution is 2.35. The summed E-state index contributed by atoms with van der Waals surface area (Å²) in [6, 6.07) is 4.75. The first-order valence-electron chi connectivity index (χ1n) is 7.67. The number of carbonyl (C=O) groups is 2. The van der Waals surface area contributed by atoms with Crippen molar-refractivity contribution in [2.75, 3.05) is 9.91 Å². The van der Waals surface area contributed by atoms with E-state index in [0.717, 1.165) is 28.1 Å². The number of rotatable bonds is 2. The van der Waals surface area contributed by atoms with Crippen LogP contribution in [0.5, 0.6) is 0 Å². The van der Waals surface area contributed by atoms with E-state index in [1.807, 2.05) is 0 Å². The van der Waals surface area contributed by atoms with Gasteiger partial charge in [-0.2, -0.15) is 5.11 Å². The van der Waals surface area contributed by atoms with Crippen LogP contribution in [0.15, 0.2) is 46.7 Å². The molecular weight excluding hydrogens is 349 g/mol. The van der Waals surface area contributed by atoms with Crippen LogP contribution in [0.2, 0.25) is 0 Å². The molecule has 2 aromatic carbocycles. The minimum Gasteiger partial charge on any atom is -0.271 e. The summed E-state index contributed by atoms with van der Waals surface area (Å²) >= 11 is 0. The first-order chi connectivity index (χ1) is 12.4. The maximum Gasteiger partial charge on any atom is 0.263 e. The van der Waals surface area contributed by atoms with Crippen LogP contribution in [0.4, 0.5) is 24.5 Å². The molecule has 4 rings (SSSR count). The summed E-state index contributed by atoms with van der Waals surface area (Å²) in [4.78, 5) is 26.0. The van der Waals surface area contributed by atoms with Gasteiger partial charge in [0, 0.05) is 6.07 Å². The molecule has 2 aliphatic rings. The van der Waals surface area contributed by atoms with E-state index < -0.39 is 41.3 Å². The van der Waals surface area contributed by atoms with E-state index in [4.69, 9.17) is 0 Å². The first kappa shape index (κ1) is 16.2. The summed E-state index contributed by atoms with van der Waals surface area (Å²) < 4.78 is 40.4. The fourth-order valence-electron chi connectivity index (χ4n) is 2.98. The number of carbonyl (C=O) groups excluding carboxylic acids is 2. The predicted octanol–water partition coefficient (Wildman–Crippen LogP) is 2.91. The minimum absolute atomic E-state index is 0.0986. The zero-order valence-corrected chi connectivity index (χ0v) is 13.4. The van der Waals surface area contributed by atoms with Crippen molar-refractivity contribution in [3.8, 4) is 0 Å². The van der Waals surface area contributed by atoms with Crippen LogP contribution in [-0.2, 0) is 9.59 Å². The predicted molar refractivity (Wildman–Crippen MR) is 84.9 cm³/mol. The third-order valence-corrected chi connectivity index (χ3v) is 4.36. The molecule has 9 heteroatoms. The molecule has 2 atom stereocenters. The molecule has 26 heavy (non-hydrogen) atoms. The number of halogens is 3. The minimum atomic E-state index is -1.18. The maximum absolute atomic E-state index is 13.8. The van der Waals surface area contributed by atoms with Crippen molar-refractivity contribution in [2.24, 2.45) is 10.3 Å². The van der Waals surface area contributed by atoms with Crippen LogP contribution in [-0.4, -0.2) is 23.9 Å². The first-order valence-corrected chi connectivity index (χ1v) is 7.67. The van der Waals surface area contributed by atoms with E-state index in [0.29, 0.717) is 5.56 Å². The zero-order valence-electron chi connectivity index (χ0n) is 13.4. The summed E-state index contributed by atoms with van der Waals surface area (Å²) in [6.45, 7) is 1.59. The topological polar surface area (TPSA) is 65.3 Å². The molecule has 0 aliphatic carbocycles. The van der Waals surface area contributed by atoms with Gasteiger partial charge in [-0.15, -0.1) is 0 Å². The molecule has 2 aliphatic heterocycles. The molecule has 0 radical (unpaired) electrons. The van der Waals surface area contributed by atoms with Gasteiger partial charge in [-0.3, -0.25) is 9.59 Å². The number of hydrogen-bond acceptors (Lipinski definition) is 5. The maximum atomic E-state index is 13.8. The van der Waals surface area contributed by atoms with E-state index in [9.17, 15) is 22.8 Å². The van der Waals surface area contributed by atoms with E-state index in [1.54, 1.807) is 13.0 Å². The molecule has 2 amide bonds. The van der Waals surface area contributed by atoms with Gasteiger partial charge in [-0.05, 0) is 36.8 Å². The van der Waals surface area contributed by atoms with Gasteiger partial charge < -0.3 is 0 Å². The number of hydrogen-bond donors (Lipinski definition) is 0. The smallest absolute Gasteiger partial charge is 0.263 e. The summed E-state index contributed by atoms with van der Waals surface area (Å²) in [6.07, 6.45) is 0. The van der Waals surface area contributed by atoms with Crippen molar-refractivity contribution in [2.45, 2.75) is 19.0 Å². The average molecular weight is 360 g/mol. The average Bonchev–Trinajstić information content (AvgIpc) is 3.14. The van der Waals surface area contributed by atoms with E-state index in [2.05, 4.69) is 10.3 Å². The van der Waals surface area contributed by atoms with Gasteiger partial charge in [-0.25, -0.2) is 23.1 Å². The Balaban J connectivity index is 1.71. The zero-order chi connectivity index (χ0) is 18.6. The Hall–Kier alpha value is -3.23. The van der Waals surface area contributed by atoms with Crippen molar-refractivity contribution in [3.05, 3.63) is 59.4 Å². The van der Waals surface area contributed by atoms with Gasteiger partial charge in [0.1, 0.15) is 5.82 Å². The highest BCUT2D eigenvalue weighted by molar-refractivity contribution is 6.26. The molecule has 0 bridgehead atoms. The lowest BCUT2D eigenvalue weighted by molar-refractivity contribution is -0.121. The number of imide groups is 1. The van der Waals surface area contributed by atoms with E-state index in [1.165, 1.54) is 12.1 Å². The Bertz CT molecular complexity index is 978. The Morgan fingerprint density at radius 2 is 1.58 bits per heavy atom. The fraction of sp³-hybridized carbons (Fsp3) is 0.176. The van der Waals surface area contributed by atoms with Gasteiger partial charge >= 0.3 is 0 Å². The standard InChI is InChI=1S/C17H11F3N4O2/c1-8-2-3-10(7-12(8)19)24-15-14(21-22-24)16(25)23(17(15)26)9-4-5-11(18)13(20)6-9/h2-7,14-15H,1H3/t14-,15-/m0/s1. The summed E-state index contributed by atoms with van der Waals surface area (Å²) in [5.41, 5.74) is 0.579. The molecule has 6 nitrogen and oxygen atoms in total. The van der Waals surface area contributed by atoms with Crippen LogP contribution >= 0.6 is 0 Å². The summed E-state index contributed by atoms with van der Waals surface area (Å²) in [5, 5.41) is 8.77. The monoisotopic (exact) mass is 360 g/mol. The van der Waals surface area contributed by atoms with Gasteiger partial charge in [0.05, 0.1) is 11.4 Å². The van der Waals surface area contributed by atoms with Gasteiger partial charge in [0.15, 0.2) is 23.7 Å². The van der Waals surface area contributed by atoms with Gasteiger partial charge in [0.25, 0.3) is 11.8 Å². The molecule has 1 saturated heterocycles. The van der Waals surface area contributed by atoms with Gasteiger partial charge in [-0.1, -0.05) is 11.3 Å². The van der Waals surface area contributed by atoms with Crippen molar-refractivity contribution in [1.82, 2.24) is 0 Å². The van der Waals surface area contributed by atoms with Crippen LogP contribution in [0.25, 0.3) is 0 Å². The Morgan fingerprint density at radius 1 is 0.885 bits per heavy atom. The van der Waals surface area contributed by atoms with Crippen molar-refractivity contribution < 1.29 is 22.8 Å². The summed E-state index contributed by atoms with van der Waals surface area (Å²) in [7, 11) is 0. The van der Waals surface area contributed by atoms with Crippen LogP contribution in [0.3, 0.4) is 0 Å². The van der Waals surface area contributed by atoms with Crippen LogP contribution < -0.4 is 9.91 Å². The number of anilines is 2. The van der Waals surface area contributed by atoms with Crippen LogP contribution in [0, 0.1) is 24.4 Å². The van der Waals surface area contributed by atoms with E-state index >= 15 is 0 Å². The molecule has 0 unspecified atom stereocenters. The third-order valence-electron chi connectivity index (χ3n) is 4.36. The lowest BCUT2D eigenvalue weighted by Gasteiger charge is -2.21. The lowest BCUT2D eigenvalue weighted by Crippen LogP contribution is -2.40.